The SMILES string of the molecule is O=C1CCC(C(=O)N2CCN(c3cc(-n4cccc4)ncn3)CC2)N1. The first-order chi connectivity index (χ1) is 12.2. The molecule has 25 heavy (non-hydrogen) atoms. The second-order valence-electron chi connectivity index (χ2n) is 6.30. The van der Waals surface area contributed by atoms with Gasteiger partial charge in [-0.1, -0.05) is 0 Å². The van der Waals surface area contributed by atoms with Crippen LogP contribution in [0.3, 0.4) is 0 Å². The normalized spacial score (nSPS) is 20.6. The summed E-state index contributed by atoms with van der Waals surface area (Å²) >= 11 is 0. The predicted octanol–water partition coefficient (Wildman–Crippen LogP) is 0.195. The molecule has 0 spiro atoms. The molecular weight excluding hydrogens is 320 g/mol. The largest absolute Gasteiger partial charge is 0.353 e. The van der Waals surface area contributed by atoms with Crippen LogP contribution in [-0.4, -0.2) is 63.5 Å². The standard InChI is InChI=1S/C17H20N6O2/c24-16-4-3-13(20-16)17(25)23-9-7-22(8-10-23)15-11-14(18-12-19-15)21-5-1-2-6-21/h1-2,5-6,11-13H,3-4,7-10H2,(H,20,24). The molecule has 2 saturated heterocycles. The van der Waals surface area contributed by atoms with Gasteiger partial charge in [-0.05, 0) is 18.6 Å². The van der Waals surface area contributed by atoms with Crippen LogP contribution in [0.4, 0.5) is 5.82 Å². The number of nitrogens with zero attached hydrogens (tertiary/aromatic N) is 5. The fourth-order valence-electron chi connectivity index (χ4n) is 3.31. The van der Waals surface area contributed by atoms with E-state index in [9.17, 15) is 9.59 Å². The number of amides is 2. The summed E-state index contributed by atoms with van der Waals surface area (Å²) < 4.78 is 1.94. The van der Waals surface area contributed by atoms with Crippen molar-refractivity contribution in [1.29, 1.82) is 0 Å². The van der Waals surface area contributed by atoms with E-state index >= 15 is 0 Å². The van der Waals surface area contributed by atoms with Crippen LogP contribution in [0.5, 0.6) is 0 Å². The van der Waals surface area contributed by atoms with Crippen molar-refractivity contribution >= 4 is 17.6 Å². The highest BCUT2D eigenvalue weighted by atomic mass is 16.2. The highest BCUT2D eigenvalue weighted by Gasteiger charge is 2.32. The van der Waals surface area contributed by atoms with Crippen LogP contribution in [-0.2, 0) is 9.59 Å². The number of nitrogens with one attached hydrogen (secondary N) is 1. The van der Waals surface area contributed by atoms with Crippen molar-refractivity contribution in [1.82, 2.24) is 24.8 Å². The third kappa shape index (κ3) is 3.19. The van der Waals surface area contributed by atoms with Gasteiger partial charge in [0, 0.05) is 51.1 Å². The van der Waals surface area contributed by atoms with E-state index in [4.69, 9.17) is 0 Å². The van der Waals surface area contributed by atoms with Gasteiger partial charge in [0.1, 0.15) is 24.0 Å². The molecule has 8 nitrogen and oxygen atoms in total. The summed E-state index contributed by atoms with van der Waals surface area (Å²) in [5.74, 6) is 1.68. The zero-order chi connectivity index (χ0) is 17.2. The Morgan fingerprint density at radius 3 is 2.48 bits per heavy atom. The van der Waals surface area contributed by atoms with Gasteiger partial charge in [-0.25, -0.2) is 9.97 Å². The summed E-state index contributed by atoms with van der Waals surface area (Å²) in [5.41, 5.74) is 0. The van der Waals surface area contributed by atoms with Gasteiger partial charge in [-0.15, -0.1) is 0 Å². The lowest BCUT2D eigenvalue weighted by atomic mass is 10.2. The van der Waals surface area contributed by atoms with Crippen molar-refractivity contribution in [2.24, 2.45) is 0 Å². The smallest absolute Gasteiger partial charge is 0.245 e. The maximum atomic E-state index is 12.5. The van der Waals surface area contributed by atoms with Crippen LogP contribution in [0.2, 0.25) is 0 Å². The van der Waals surface area contributed by atoms with Crippen LogP contribution >= 0.6 is 0 Å². The van der Waals surface area contributed by atoms with E-state index in [-0.39, 0.29) is 17.9 Å². The van der Waals surface area contributed by atoms with Gasteiger partial charge in [0.25, 0.3) is 0 Å². The molecule has 0 bridgehead atoms. The Labute approximate surface area is 145 Å². The number of aromatic nitrogens is 3. The molecular formula is C17H20N6O2. The van der Waals surface area contributed by atoms with Gasteiger partial charge in [-0.3, -0.25) is 9.59 Å². The lowest BCUT2D eigenvalue weighted by Gasteiger charge is -2.36. The Morgan fingerprint density at radius 2 is 1.80 bits per heavy atom. The van der Waals surface area contributed by atoms with Gasteiger partial charge >= 0.3 is 0 Å². The van der Waals surface area contributed by atoms with Crippen LogP contribution in [0.1, 0.15) is 12.8 Å². The van der Waals surface area contributed by atoms with Gasteiger partial charge < -0.3 is 19.7 Å². The van der Waals surface area contributed by atoms with Crippen LogP contribution in [0, 0.1) is 0 Å². The number of anilines is 1. The number of piperazine rings is 1. The minimum atomic E-state index is -0.349. The average molecular weight is 340 g/mol. The topological polar surface area (TPSA) is 83.4 Å². The molecule has 2 aliphatic heterocycles. The Morgan fingerprint density at radius 1 is 1.08 bits per heavy atom. The summed E-state index contributed by atoms with van der Waals surface area (Å²) in [4.78, 5) is 36.4. The van der Waals surface area contributed by atoms with E-state index in [0.29, 0.717) is 39.0 Å². The summed E-state index contributed by atoms with van der Waals surface area (Å²) in [6, 6.07) is 5.51. The lowest BCUT2D eigenvalue weighted by Crippen LogP contribution is -2.53. The summed E-state index contributed by atoms with van der Waals surface area (Å²) in [7, 11) is 0. The molecule has 0 aliphatic carbocycles. The van der Waals surface area contributed by atoms with E-state index in [0.717, 1.165) is 11.6 Å². The third-order valence-corrected chi connectivity index (χ3v) is 4.72. The fourth-order valence-corrected chi connectivity index (χ4v) is 3.31. The van der Waals surface area contributed by atoms with E-state index in [1.165, 1.54) is 0 Å². The molecule has 0 saturated carbocycles. The number of hydrogen-bond acceptors (Lipinski definition) is 5. The molecule has 1 atom stereocenters. The average Bonchev–Trinajstić information content (AvgIpc) is 3.33. The van der Waals surface area contributed by atoms with Crippen LogP contribution in [0.15, 0.2) is 36.9 Å². The maximum Gasteiger partial charge on any atom is 0.245 e. The van der Waals surface area contributed by atoms with Crippen molar-refractivity contribution in [3.05, 3.63) is 36.9 Å². The molecule has 2 aromatic rings. The Balaban J connectivity index is 1.40. The minimum absolute atomic E-state index is 0.0289. The minimum Gasteiger partial charge on any atom is -0.353 e. The molecule has 0 radical (unpaired) electrons. The molecule has 0 aromatic carbocycles. The van der Waals surface area contributed by atoms with Crippen molar-refractivity contribution < 1.29 is 9.59 Å². The second-order valence-corrected chi connectivity index (χ2v) is 6.30. The van der Waals surface area contributed by atoms with Crippen LogP contribution in [0.25, 0.3) is 5.82 Å². The van der Waals surface area contributed by atoms with Gasteiger partial charge in [-0.2, -0.15) is 0 Å². The maximum absolute atomic E-state index is 12.5. The van der Waals surface area contributed by atoms with Crippen molar-refractivity contribution in [3.8, 4) is 5.82 Å². The molecule has 2 amide bonds. The van der Waals surface area contributed by atoms with Gasteiger partial charge in [0.05, 0.1) is 0 Å². The summed E-state index contributed by atoms with van der Waals surface area (Å²) in [5, 5.41) is 2.75. The molecule has 130 valence electrons. The summed E-state index contributed by atoms with van der Waals surface area (Å²) in [6.07, 6.45) is 6.50. The van der Waals surface area contributed by atoms with E-state index in [2.05, 4.69) is 20.2 Å². The highest BCUT2D eigenvalue weighted by molar-refractivity contribution is 5.90. The number of carbonyl (C=O) groups excluding carboxylic acids is 2. The van der Waals surface area contributed by atoms with Crippen molar-refractivity contribution in [2.45, 2.75) is 18.9 Å². The molecule has 2 fully saturated rings. The molecule has 1 N–H and O–H groups in total. The van der Waals surface area contributed by atoms with E-state index < -0.39 is 0 Å². The third-order valence-electron chi connectivity index (χ3n) is 4.72. The quantitative estimate of drug-likeness (QED) is 0.863. The molecule has 2 aliphatic rings. The molecule has 1 unspecified atom stereocenters. The predicted molar refractivity (Wildman–Crippen MR) is 91.3 cm³/mol. The van der Waals surface area contributed by atoms with Crippen LogP contribution < -0.4 is 10.2 Å². The first kappa shape index (κ1) is 15.6. The molecule has 4 heterocycles. The monoisotopic (exact) mass is 340 g/mol. The number of hydrogen-bond donors (Lipinski definition) is 1. The molecule has 4 rings (SSSR count). The Hall–Kier alpha value is -2.90. The highest BCUT2D eigenvalue weighted by Crippen LogP contribution is 2.17. The molecule has 2 aromatic heterocycles. The Kier molecular flexibility index (Phi) is 4.09. The zero-order valence-corrected chi connectivity index (χ0v) is 13.8. The van der Waals surface area contributed by atoms with Gasteiger partial charge in [0.15, 0.2) is 0 Å². The number of carbonyl (C=O) groups is 2. The van der Waals surface area contributed by atoms with Crippen molar-refractivity contribution in [2.75, 3.05) is 31.1 Å². The zero-order valence-electron chi connectivity index (χ0n) is 13.8. The van der Waals surface area contributed by atoms with E-state index in [1.807, 2.05) is 40.1 Å². The summed E-state index contributed by atoms with van der Waals surface area (Å²) in [6.45, 7) is 2.70. The number of rotatable bonds is 3. The first-order valence-corrected chi connectivity index (χ1v) is 8.49. The van der Waals surface area contributed by atoms with Gasteiger partial charge in [0.2, 0.25) is 11.8 Å². The Bertz CT molecular complexity index is 767. The van der Waals surface area contributed by atoms with E-state index in [1.54, 1.807) is 6.33 Å². The first-order valence-electron chi connectivity index (χ1n) is 8.49. The van der Waals surface area contributed by atoms with Crippen molar-refractivity contribution in [3.63, 3.8) is 0 Å². The molecule has 8 heteroatoms. The lowest BCUT2D eigenvalue weighted by molar-refractivity contribution is -0.134. The fraction of sp³-hybridized carbons (Fsp3) is 0.412. The second kappa shape index (κ2) is 6.54.